The molecule has 0 amide bonds. The average molecular weight is 848 g/mol. The van der Waals surface area contributed by atoms with Gasteiger partial charge in [0.25, 0.3) is 0 Å². The Balaban J connectivity index is 0.000000340. The van der Waals surface area contributed by atoms with E-state index in [4.69, 9.17) is 12.6 Å². The second-order valence-corrected chi connectivity index (χ2v) is 17.4. The zero-order chi connectivity index (χ0) is 32.3. The minimum absolute atomic E-state index is 0. The van der Waals surface area contributed by atoms with Gasteiger partial charge in [-0.2, -0.15) is 0 Å². The van der Waals surface area contributed by atoms with Gasteiger partial charge in [-0.15, -0.1) is 10.8 Å². The molecule has 0 heterocycles. The number of hydrogen-bond donors (Lipinski definition) is 0. The molecule has 1 nitrogen and oxygen atoms in total. The molecule has 7 rings (SSSR count). The van der Waals surface area contributed by atoms with Gasteiger partial charge in [0.2, 0.25) is 0 Å². The summed E-state index contributed by atoms with van der Waals surface area (Å²) in [4.78, 5) is 11.3. The van der Waals surface area contributed by atoms with E-state index in [-0.39, 0.29) is 37.7 Å². The summed E-state index contributed by atoms with van der Waals surface area (Å²) in [5.74, 6) is 0.269. The van der Waals surface area contributed by atoms with Crippen LogP contribution in [-0.2, 0) is 38.5 Å². The molecule has 6 aromatic carbocycles. The Morgan fingerprint density at radius 1 is 0.468 bits per heavy atom. The van der Waals surface area contributed by atoms with Gasteiger partial charge in [-0.05, 0) is 58.4 Å². The van der Waals surface area contributed by atoms with Gasteiger partial charge in [0.05, 0.1) is 5.78 Å². The minimum atomic E-state index is -0.714. The molecule has 1 saturated carbocycles. The molecule has 0 N–H and O–H groups in total. The third-order valence-electron chi connectivity index (χ3n) is 8.67. The van der Waals surface area contributed by atoms with Crippen LogP contribution in [0.4, 0.5) is 0 Å². The van der Waals surface area contributed by atoms with E-state index >= 15 is 0 Å². The molecular weight excluding hydrogens is 810 g/mol. The van der Waals surface area contributed by atoms with E-state index in [1.54, 1.807) is 0 Å². The van der Waals surface area contributed by atoms with E-state index in [0.717, 1.165) is 5.25 Å². The van der Waals surface area contributed by atoms with Crippen LogP contribution in [0.5, 0.6) is 0 Å². The first kappa shape index (κ1) is 35.5. The number of Topliss-reactive ketones (excluding diaryl/α,β-unsaturated/α-hetero) is 1. The van der Waals surface area contributed by atoms with E-state index in [1.807, 2.05) is 27.7 Å². The fourth-order valence-electron chi connectivity index (χ4n) is 6.54. The SMILES string of the molecule is CC1(C)C(=O)C(C)(C)[C-]1[S-].[Pt+2].c1ccc(P(c2ccccc2)c2cccc3cccc(P(c4ccccc4)c4ccccc4)c23)cc1. The third kappa shape index (κ3) is 7.14. The number of hydrogen-bond acceptors (Lipinski definition) is 2. The molecule has 1 aliphatic carbocycles. The van der Waals surface area contributed by atoms with E-state index in [1.165, 1.54) is 42.6 Å². The summed E-state index contributed by atoms with van der Waals surface area (Å²) in [6.07, 6.45) is 0. The van der Waals surface area contributed by atoms with Crippen molar-refractivity contribution in [3.63, 3.8) is 0 Å². The van der Waals surface area contributed by atoms with Crippen LogP contribution in [0.2, 0.25) is 0 Å². The van der Waals surface area contributed by atoms with Gasteiger partial charge in [0.15, 0.2) is 0 Å². The summed E-state index contributed by atoms with van der Waals surface area (Å²) in [5.41, 5.74) is -0.669. The molecule has 1 fully saturated rings. The van der Waals surface area contributed by atoms with Gasteiger partial charge in [-0.25, -0.2) is 0 Å². The van der Waals surface area contributed by atoms with E-state index in [0.29, 0.717) is 0 Å². The average Bonchev–Trinajstić information content (AvgIpc) is 3.10. The fourth-order valence-corrected chi connectivity index (χ4v) is 11.8. The van der Waals surface area contributed by atoms with Gasteiger partial charge < -0.3 is 22.7 Å². The Morgan fingerprint density at radius 2 is 0.766 bits per heavy atom. The third-order valence-corrected chi connectivity index (χ3v) is 14.7. The molecule has 0 radical (unpaired) electrons. The van der Waals surface area contributed by atoms with Crippen molar-refractivity contribution in [2.75, 3.05) is 0 Å². The number of carbonyl (C=O) groups excluding carboxylic acids is 1. The molecule has 47 heavy (non-hydrogen) atoms. The van der Waals surface area contributed by atoms with Crippen LogP contribution in [0, 0.1) is 16.1 Å². The van der Waals surface area contributed by atoms with Gasteiger partial charge in [0.1, 0.15) is 0 Å². The quantitative estimate of drug-likeness (QED) is 0.0960. The maximum absolute atomic E-state index is 11.3. The first-order valence-corrected chi connectivity index (χ1v) is 18.7. The van der Waals surface area contributed by atoms with Crippen molar-refractivity contribution < 1.29 is 25.9 Å². The van der Waals surface area contributed by atoms with Crippen molar-refractivity contribution in [2.45, 2.75) is 27.7 Å². The van der Waals surface area contributed by atoms with Crippen LogP contribution < -0.4 is 31.8 Å². The molecule has 0 unspecified atom stereocenters. The summed E-state index contributed by atoms with van der Waals surface area (Å²) in [7, 11) is -1.43. The van der Waals surface area contributed by atoms with Crippen molar-refractivity contribution in [3.8, 4) is 0 Å². The molecule has 1 aliphatic rings. The second kappa shape index (κ2) is 15.1. The maximum Gasteiger partial charge on any atom is 2.00 e. The molecule has 0 aromatic heterocycles. The fraction of sp³-hybridized carbons (Fsp3) is 0.143. The van der Waals surface area contributed by atoms with E-state index < -0.39 is 15.8 Å². The summed E-state index contributed by atoms with van der Waals surface area (Å²) >= 11 is 5.11. The molecule has 6 aromatic rings. The Labute approximate surface area is 302 Å². The molecule has 0 atom stereocenters. The second-order valence-electron chi connectivity index (χ2n) is 12.6. The van der Waals surface area contributed by atoms with Crippen LogP contribution >= 0.6 is 15.8 Å². The number of carbonyl (C=O) groups is 1. The Kier molecular flexibility index (Phi) is 11.4. The largest absolute Gasteiger partial charge is 2.00 e. The number of fused-ring (bicyclic) bond motifs is 1. The topological polar surface area (TPSA) is 17.1 Å². The zero-order valence-electron chi connectivity index (χ0n) is 27.0. The van der Waals surface area contributed by atoms with Crippen molar-refractivity contribution in [1.29, 1.82) is 0 Å². The van der Waals surface area contributed by atoms with Gasteiger partial charge in [0, 0.05) is 0 Å². The van der Waals surface area contributed by atoms with Crippen LogP contribution in [0.15, 0.2) is 158 Å². The maximum atomic E-state index is 11.3. The van der Waals surface area contributed by atoms with Crippen LogP contribution in [-0.4, -0.2) is 5.78 Å². The molecule has 0 saturated heterocycles. The monoisotopic (exact) mass is 847 g/mol. The van der Waals surface area contributed by atoms with E-state index in [2.05, 4.69) is 158 Å². The molecular formula is C42H38OP2PtS. The van der Waals surface area contributed by atoms with Crippen molar-refractivity contribution in [3.05, 3.63) is 163 Å². The first-order valence-electron chi connectivity index (χ1n) is 15.6. The van der Waals surface area contributed by atoms with Gasteiger partial charge in [-0.1, -0.05) is 185 Å². The van der Waals surface area contributed by atoms with E-state index in [9.17, 15) is 4.79 Å². The molecule has 0 aliphatic heterocycles. The van der Waals surface area contributed by atoms with Crippen LogP contribution in [0.1, 0.15) is 27.7 Å². The number of benzene rings is 6. The summed E-state index contributed by atoms with van der Waals surface area (Å²) < 4.78 is 0. The first-order chi connectivity index (χ1) is 22.2. The summed E-state index contributed by atoms with van der Waals surface area (Å²) in [6, 6.07) is 57.8. The van der Waals surface area contributed by atoms with Crippen molar-refractivity contribution in [1.82, 2.24) is 0 Å². The molecule has 0 bridgehead atoms. The zero-order valence-corrected chi connectivity index (χ0v) is 31.9. The minimum Gasteiger partial charge on any atom is -1.01 e. The molecule has 238 valence electrons. The Hall–Kier alpha value is -2.85. The summed E-state index contributed by atoms with van der Waals surface area (Å²) in [5, 5.41) is 12.0. The predicted molar refractivity (Wildman–Crippen MR) is 205 cm³/mol. The molecule has 0 spiro atoms. The van der Waals surface area contributed by atoms with Gasteiger partial charge in [-0.3, -0.25) is 0 Å². The normalized spacial score (nSPS) is 15.0. The number of rotatable bonds is 6. The standard InChI is InChI=1S/C34H26P2.C8H12OS.Pt/c1-5-17-28(18-6-1)35(29-19-7-2-8-20-29)32-25-13-15-27-16-14-26-33(34(27)32)36(30-21-9-3-10-22-30)31-23-11-4-12-24-31;1-7(2)5(9)8(3,4)6(7)10;/h1-26H;1-4H3;/q;-2;+2. The number of ketones is 1. The summed E-state index contributed by atoms with van der Waals surface area (Å²) in [6.45, 7) is 7.57. The Morgan fingerprint density at radius 3 is 1.02 bits per heavy atom. The van der Waals surface area contributed by atoms with Crippen LogP contribution in [0.3, 0.4) is 0 Å². The molecule has 5 heteroatoms. The van der Waals surface area contributed by atoms with Crippen molar-refractivity contribution >= 4 is 76.9 Å². The van der Waals surface area contributed by atoms with Gasteiger partial charge >= 0.3 is 21.1 Å². The van der Waals surface area contributed by atoms with Crippen LogP contribution in [0.25, 0.3) is 10.8 Å². The Bertz CT molecular complexity index is 1720. The predicted octanol–water partition coefficient (Wildman–Crippen LogP) is 8.05. The smallest absolute Gasteiger partial charge is 1.01 e. The van der Waals surface area contributed by atoms with Crippen molar-refractivity contribution in [2.24, 2.45) is 10.8 Å².